The number of primary amides is 2. The van der Waals surface area contributed by atoms with E-state index in [1.165, 1.54) is 22.8 Å². The van der Waals surface area contributed by atoms with Gasteiger partial charge in [-0.15, -0.1) is 0 Å². The Balaban J connectivity index is 1.86. The SMILES string of the molecule is CCC(C)[C@@H]1NC(=O)[C@H]([C@@H](C)c2c(C)cc(OC)cc2C)NC(=O)CC(C)(C)SSC[C@H]2NC(=O)[C@H](CC(N)=O)NC(=O)[C@H](CCC(=O)NCCCC[C@@H](C(=O)NCC(N)=O)NC(=O)[C@@H]3CCCN3C2=O)NC1=O. The van der Waals surface area contributed by atoms with Crippen molar-refractivity contribution in [1.29, 1.82) is 0 Å². The fourth-order valence-corrected chi connectivity index (χ4v) is 12.0. The third-order valence-corrected chi connectivity index (χ3v) is 16.7. The molecule has 0 spiro atoms. The van der Waals surface area contributed by atoms with Crippen molar-refractivity contribution in [3.63, 3.8) is 0 Å². The van der Waals surface area contributed by atoms with E-state index in [1.807, 2.05) is 26.0 Å². The summed E-state index contributed by atoms with van der Waals surface area (Å²) in [6.07, 6.45) is 0.0260. The Morgan fingerprint density at radius 1 is 0.784 bits per heavy atom. The number of benzene rings is 1. The lowest BCUT2D eigenvalue weighted by molar-refractivity contribution is -0.142. The highest BCUT2D eigenvalue weighted by atomic mass is 33.1. The summed E-state index contributed by atoms with van der Waals surface area (Å²) in [6, 6.07) is -5.86. The van der Waals surface area contributed by atoms with Gasteiger partial charge in [-0.25, -0.2) is 0 Å². The summed E-state index contributed by atoms with van der Waals surface area (Å²) in [4.78, 5) is 153. The lowest BCUT2D eigenvalue weighted by atomic mass is 9.85. The molecule has 3 saturated heterocycles. The number of rotatable bonds is 10. The van der Waals surface area contributed by atoms with Gasteiger partial charge in [-0.3, -0.25) is 52.7 Å². The second-order valence-corrected chi connectivity index (χ2v) is 22.9. The quantitative estimate of drug-likeness (QED) is 0.132. The third kappa shape index (κ3) is 17.5. The molecule has 3 aliphatic rings. The maximum atomic E-state index is 14.7. The van der Waals surface area contributed by atoms with Gasteiger partial charge in [0.05, 0.1) is 20.1 Å². The number of ether oxygens (including phenoxy) is 1. The molecular weight excluding hydrogens is 999 g/mol. The van der Waals surface area contributed by atoms with E-state index in [0.717, 1.165) is 27.5 Å². The van der Waals surface area contributed by atoms with Crippen LogP contribution in [-0.2, 0) is 52.7 Å². The molecule has 410 valence electrons. The van der Waals surface area contributed by atoms with Crippen molar-refractivity contribution in [2.24, 2.45) is 17.4 Å². The van der Waals surface area contributed by atoms with Crippen LogP contribution in [0.5, 0.6) is 5.75 Å². The highest BCUT2D eigenvalue weighted by molar-refractivity contribution is 8.77. The van der Waals surface area contributed by atoms with Crippen LogP contribution in [0.25, 0.3) is 0 Å². The standard InChI is InChI=1S/C49H75N11O12S2/c1-9-25(2)40-46(69)55-31-15-16-37(63)52-17-11-10-13-30(42(65)53-23-36(51)62)54-45(68)34-14-12-18-60(34)48(71)33(57-44(67)32(21-35(50)61)56-43(31)66)24-73-74-49(6,7)22-38(64)58-41(47(70)59-40)28(5)39-26(3)19-29(72-8)20-27(39)4/h19-20,25,28,30-34,40-41H,9-18,21-24H2,1-8H3,(H2,50,61)(H2,51,62)(H,52,63)(H,53,65)(H,54,68)(H,55,69)(H,56,66)(H,57,67)(H,58,64)(H,59,70)/t25?,28-,30-,31-,32-,33+,34-,40-,41-/m0/s1. The number of aryl methyl sites for hydroxylation is 2. The average molecular weight is 1070 g/mol. The van der Waals surface area contributed by atoms with Gasteiger partial charge < -0.3 is 63.6 Å². The number of hydrogen-bond donors (Lipinski definition) is 10. The van der Waals surface area contributed by atoms with E-state index in [4.69, 9.17) is 16.2 Å². The van der Waals surface area contributed by atoms with E-state index in [-0.39, 0.29) is 50.9 Å². The van der Waals surface area contributed by atoms with Crippen LogP contribution in [0, 0.1) is 19.8 Å². The molecule has 1 aromatic carbocycles. The number of carbonyl (C=O) groups excluding carboxylic acids is 11. The van der Waals surface area contributed by atoms with Crippen LogP contribution >= 0.6 is 21.6 Å². The number of fused-ring (bicyclic) bond motifs is 7. The summed E-state index contributed by atoms with van der Waals surface area (Å²) < 4.78 is 4.59. The Morgan fingerprint density at radius 2 is 1.45 bits per heavy atom. The van der Waals surface area contributed by atoms with Crippen molar-refractivity contribution in [3.8, 4) is 5.75 Å². The van der Waals surface area contributed by atoms with Crippen molar-refractivity contribution in [2.45, 2.75) is 166 Å². The molecule has 4 rings (SSSR count). The van der Waals surface area contributed by atoms with E-state index in [2.05, 4.69) is 42.5 Å². The molecule has 0 aliphatic carbocycles. The van der Waals surface area contributed by atoms with Crippen molar-refractivity contribution in [2.75, 3.05) is 32.5 Å². The van der Waals surface area contributed by atoms with Gasteiger partial charge in [0.15, 0.2) is 0 Å². The molecule has 3 fully saturated rings. The zero-order valence-electron chi connectivity index (χ0n) is 43.6. The van der Waals surface area contributed by atoms with Gasteiger partial charge in [-0.2, -0.15) is 0 Å². The van der Waals surface area contributed by atoms with E-state index in [1.54, 1.807) is 34.6 Å². The first-order chi connectivity index (χ1) is 34.9. The lowest BCUT2D eigenvalue weighted by Gasteiger charge is -2.33. The van der Waals surface area contributed by atoms with Crippen LogP contribution in [-0.4, -0.2) is 149 Å². The smallest absolute Gasteiger partial charge is 0.246 e. The molecule has 9 atom stereocenters. The van der Waals surface area contributed by atoms with Gasteiger partial charge in [0.2, 0.25) is 65.0 Å². The molecule has 1 unspecified atom stereocenters. The topological polar surface area (TPSA) is 349 Å². The number of methoxy groups -OCH3 is 1. The summed E-state index contributed by atoms with van der Waals surface area (Å²) >= 11 is 0. The van der Waals surface area contributed by atoms with E-state index >= 15 is 0 Å². The second-order valence-electron chi connectivity index (χ2n) is 19.9. The Kier molecular flexibility index (Phi) is 22.8. The van der Waals surface area contributed by atoms with Crippen molar-refractivity contribution in [3.05, 3.63) is 28.8 Å². The number of nitrogens with one attached hydrogen (secondary N) is 8. The average Bonchev–Trinajstić information content (AvgIpc) is 3.83. The Hall–Kier alpha value is -6.11. The van der Waals surface area contributed by atoms with Gasteiger partial charge >= 0.3 is 0 Å². The number of nitrogens with zero attached hydrogens (tertiary/aromatic N) is 1. The highest BCUT2D eigenvalue weighted by Gasteiger charge is 2.42. The molecule has 2 bridgehead atoms. The Bertz CT molecular complexity index is 2260. The second kappa shape index (κ2) is 28.0. The lowest BCUT2D eigenvalue weighted by Crippen LogP contribution is -2.61. The maximum Gasteiger partial charge on any atom is 0.246 e. The summed E-state index contributed by atoms with van der Waals surface area (Å²) in [5.41, 5.74) is 13.2. The largest absolute Gasteiger partial charge is 0.497 e. The molecule has 11 amide bonds. The summed E-state index contributed by atoms with van der Waals surface area (Å²) in [7, 11) is 3.88. The van der Waals surface area contributed by atoms with Crippen LogP contribution in [0.15, 0.2) is 12.1 Å². The summed E-state index contributed by atoms with van der Waals surface area (Å²) in [5.74, 6) is -9.25. The first kappa shape index (κ1) is 60.4. The minimum absolute atomic E-state index is 0.0665. The zero-order valence-corrected chi connectivity index (χ0v) is 45.2. The van der Waals surface area contributed by atoms with Crippen LogP contribution in [0.3, 0.4) is 0 Å². The van der Waals surface area contributed by atoms with Crippen LogP contribution in [0.2, 0.25) is 0 Å². The normalized spacial score (nSPS) is 26.4. The maximum absolute atomic E-state index is 14.7. The van der Waals surface area contributed by atoms with Crippen molar-refractivity contribution in [1.82, 2.24) is 47.4 Å². The number of amides is 11. The first-order valence-electron chi connectivity index (χ1n) is 25.0. The molecule has 3 heterocycles. The molecule has 3 aliphatic heterocycles. The van der Waals surface area contributed by atoms with E-state index in [0.29, 0.717) is 31.4 Å². The van der Waals surface area contributed by atoms with Gasteiger partial charge in [-0.05, 0) is 101 Å². The predicted molar refractivity (Wildman–Crippen MR) is 278 cm³/mol. The molecule has 0 aromatic heterocycles. The van der Waals surface area contributed by atoms with Crippen molar-refractivity contribution >= 4 is 86.6 Å². The Morgan fingerprint density at radius 3 is 2.08 bits per heavy atom. The minimum atomic E-state index is -1.71. The fourth-order valence-electron chi connectivity index (χ4n) is 9.27. The number of hydrogen-bond acceptors (Lipinski definition) is 14. The molecule has 0 radical (unpaired) electrons. The van der Waals surface area contributed by atoms with Gasteiger partial charge in [0, 0.05) is 42.3 Å². The zero-order chi connectivity index (χ0) is 55.0. The Labute approximate surface area is 439 Å². The first-order valence-corrected chi connectivity index (χ1v) is 27.4. The predicted octanol–water partition coefficient (Wildman–Crippen LogP) is -0.518. The molecule has 74 heavy (non-hydrogen) atoms. The fraction of sp³-hybridized carbons (Fsp3) is 0.653. The van der Waals surface area contributed by atoms with Crippen LogP contribution < -0.4 is 58.7 Å². The number of carbonyl (C=O) groups is 11. The van der Waals surface area contributed by atoms with Gasteiger partial charge in [0.25, 0.3) is 0 Å². The molecule has 12 N–H and O–H groups in total. The number of nitrogens with two attached hydrogens (primary N) is 2. The highest BCUT2D eigenvalue weighted by Crippen LogP contribution is 2.39. The summed E-state index contributed by atoms with van der Waals surface area (Å²) in [6.45, 7) is 12.3. The minimum Gasteiger partial charge on any atom is -0.497 e. The van der Waals surface area contributed by atoms with Gasteiger partial charge in [0.1, 0.15) is 48.0 Å². The van der Waals surface area contributed by atoms with Crippen molar-refractivity contribution < 1.29 is 57.5 Å². The molecular formula is C49H75N11O12S2. The molecule has 1 aromatic rings. The van der Waals surface area contributed by atoms with Crippen LogP contribution in [0.4, 0.5) is 0 Å². The molecule has 0 saturated carbocycles. The van der Waals surface area contributed by atoms with Crippen LogP contribution in [0.1, 0.15) is 121 Å². The monoisotopic (exact) mass is 1070 g/mol. The molecule has 25 heteroatoms. The summed E-state index contributed by atoms with van der Waals surface area (Å²) in [5, 5.41) is 21.5. The van der Waals surface area contributed by atoms with Gasteiger partial charge in [-0.1, -0.05) is 48.8 Å². The van der Waals surface area contributed by atoms with E-state index in [9.17, 15) is 52.7 Å². The third-order valence-electron chi connectivity index (χ3n) is 13.4. The van der Waals surface area contributed by atoms with E-state index < -0.39 is 137 Å². The molecule has 23 nitrogen and oxygen atoms in total.